The van der Waals surface area contributed by atoms with E-state index in [9.17, 15) is 43.2 Å². The number of carbonyl (C=O) groups is 4. The van der Waals surface area contributed by atoms with Crippen molar-refractivity contribution in [2.24, 2.45) is 11.8 Å². The number of phosphoric acid groups is 2. The molecule has 0 heterocycles. The standard InChI is InChI=1S/C61H114O17P2/c1-7-9-11-13-14-15-16-17-18-19-20-21-26-33-39-45-60(65)77-57(50-72-59(64)44-38-32-25-23-22-24-30-35-41-53(3)4)52-76-80(69,70)74-48-55(62)47-73-79(67,68)75-51-56(49-71-58(63)43-37-29-12-10-8-2)78-61(66)46-40-34-28-27-31-36-42-54(5)6/h15-18,53-57,62H,7-14,19-52H2,1-6H3,(H,67,68)(H,69,70)/b16-15-,18-17-/t55-,56+,57+/m0/s1. The first-order chi connectivity index (χ1) is 38.4. The Morgan fingerprint density at radius 1 is 0.388 bits per heavy atom. The Balaban J connectivity index is 5.22. The van der Waals surface area contributed by atoms with Crippen LogP contribution in [0.4, 0.5) is 0 Å². The fraction of sp³-hybridized carbons (Fsp3) is 0.869. The normalized spacial score (nSPS) is 14.6. The smallest absolute Gasteiger partial charge is 0.462 e. The predicted molar refractivity (Wildman–Crippen MR) is 317 cm³/mol. The van der Waals surface area contributed by atoms with Gasteiger partial charge in [-0.2, -0.15) is 0 Å². The number of hydrogen-bond acceptors (Lipinski definition) is 15. The van der Waals surface area contributed by atoms with Gasteiger partial charge in [0.05, 0.1) is 26.4 Å². The lowest BCUT2D eigenvalue weighted by Gasteiger charge is -2.21. The molecule has 0 aromatic heterocycles. The van der Waals surface area contributed by atoms with Crippen molar-refractivity contribution in [3.63, 3.8) is 0 Å². The molecule has 0 radical (unpaired) electrons. The van der Waals surface area contributed by atoms with Crippen LogP contribution in [0.2, 0.25) is 0 Å². The van der Waals surface area contributed by atoms with E-state index in [1.165, 1.54) is 64.2 Å². The average Bonchev–Trinajstić information content (AvgIpc) is 3.41. The van der Waals surface area contributed by atoms with Crippen LogP contribution in [0.25, 0.3) is 0 Å². The fourth-order valence-electron chi connectivity index (χ4n) is 8.46. The van der Waals surface area contributed by atoms with Gasteiger partial charge in [-0.3, -0.25) is 37.3 Å². The van der Waals surface area contributed by atoms with E-state index in [-0.39, 0.29) is 25.7 Å². The van der Waals surface area contributed by atoms with Gasteiger partial charge >= 0.3 is 39.5 Å². The predicted octanol–water partition coefficient (Wildman–Crippen LogP) is 16.0. The molecular weight excluding hydrogens is 1070 g/mol. The van der Waals surface area contributed by atoms with E-state index >= 15 is 0 Å². The molecule has 0 saturated heterocycles. The number of esters is 4. The van der Waals surface area contributed by atoms with Crippen LogP contribution in [0.15, 0.2) is 24.3 Å². The lowest BCUT2D eigenvalue weighted by molar-refractivity contribution is -0.161. The monoisotopic (exact) mass is 1180 g/mol. The van der Waals surface area contributed by atoms with Crippen molar-refractivity contribution in [2.45, 2.75) is 291 Å². The third kappa shape index (κ3) is 54.8. The zero-order chi connectivity index (χ0) is 59.4. The molecule has 470 valence electrons. The van der Waals surface area contributed by atoms with E-state index in [2.05, 4.69) is 65.8 Å². The van der Waals surface area contributed by atoms with Crippen LogP contribution in [0.3, 0.4) is 0 Å². The molecule has 0 rings (SSSR count). The zero-order valence-corrected chi connectivity index (χ0v) is 52.6. The van der Waals surface area contributed by atoms with E-state index in [4.69, 9.17) is 37.0 Å². The second-order valence-electron chi connectivity index (χ2n) is 22.4. The summed E-state index contributed by atoms with van der Waals surface area (Å²) in [7, 11) is -9.88. The van der Waals surface area contributed by atoms with E-state index in [1.54, 1.807) is 0 Å². The van der Waals surface area contributed by atoms with Crippen LogP contribution in [0.1, 0.15) is 273 Å². The van der Waals surface area contributed by atoms with Crippen molar-refractivity contribution in [3.8, 4) is 0 Å². The molecule has 0 amide bonds. The maximum atomic E-state index is 12.9. The van der Waals surface area contributed by atoms with Gasteiger partial charge in [-0.05, 0) is 63.2 Å². The highest BCUT2D eigenvalue weighted by atomic mass is 31.2. The summed E-state index contributed by atoms with van der Waals surface area (Å²) in [6.07, 6.45) is 37.6. The number of ether oxygens (including phenoxy) is 4. The van der Waals surface area contributed by atoms with Crippen LogP contribution in [0.5, 0.6) is 0 Å². The molecule has 3 N–H and O–H groups in total. The van der Waals surface area contributed by atoms with Gasteiger partial charge in [0.25, 0.3) is 0 Å². The molecule has 80 heavy (non-hydrogen) atoms. The SMILES string of the molecule is CCCCCC/C=C\C=C/CCCCCCCC(=O)O[C@H](COC(=O)CCCCCCCCCCC(C)C)COP(=O)(O)OC[C@@H](O)COP(=O)(O)OC[C@@H](COC(=O)CCCCCCC)OC(=O)CCCCCCCCC(C)C. The second kappa shape index (κ2) is 53.3. The summed E-state index contributed by atoms with van der Waals surface area (Å²) in [5.74, 6) is -0.793. The third-order valence-electron chi connectivity index (χ3n) is 13.3. The largest absolute Gasteiger partial charge is 0.472 e. The highest BCUT2D eigenvalue weighted by Crippen LogP contribution is 2.45. The summed E-state index contributed by atoms with van der Waals surface area (Å²) >= 11 is 0. The molecule has 0 aromatic rings. The first-order valence-corrected chi connectivity index (χ1v) is 34.3. The minimum absolute atomic E-state index is 0.0838. The second-order valence-corrected chi connectivity index (χ2v) is 25.3. The Morgan fingerprint density at radius 3 is 1.02 bits per heavy atom. The third-order valence-corrected chi connectivity index (χ3v) is 15.2. The van der Waals surface area contributed by atoms with Crippen molar-refractivity contribution >= 4 is 39.5 Å². The number of hydrogen-bond donors (Lipinski definition) is 3. The Kier molecular flexibility index (Phi) is 51.6. The lowest BCUT2D eigenvalue weighted by atomic mass is 10.0. The van der Waals surface area contributed by atoms with Gasteiger partial charge in [-0.1, -0.05) is 220 Å². The Morgan fingerprint density at radius 2 is 0.675 bits per heavy atom. The molecule has 17 nitrogen and oxygen atoms in total. The van der Waals surface area contributed by atoms with Crippen LogP contribution < -0.4 is 0 Å². The van der Waals surface area contributed by atoms with Gasteiger partial charge in [0, 0.05) is 25.7 Å². The fourth-order valence-corrected chi connectivity index (χ4v) is 10.0. The Hall–Kier alpha value is -2.46. The molecule has 5 atom stereocenters. The lowest BCUT2D eigenvalue weighted by Crippen LogP contribution is -2.30. The van der Waals surface area contributed by atoms with Crippen LogP contribution >= 0.6 is 15.6 Å². The van der Waals surface area contributed by atoms with Crippen molar-refractivity contribution in [1.29, 1.82) is 0 Å². The maximum absolute atomic E-state index is 12.9. The minimum Gasteiger partial charge on any atom is -0.462 e. The molecule has 0 aliphatic carbocycles. The van der Waals surface area contributed by atoms with Gasteiger partial charge in [0.1, 0.15) is 19.3 Å². The van der Waals surface area contributed by atoms with Crippen molar-refractivity contribution < 1.29 is 80.2 Å². The molecule has 19 heteroatoms. The average molecular weight is 1180 g/mol. The Bertz CT molecular complexity index is 1670. The molecule has 0 aromatic carbocycles. The number of rotatable bonds is 58. The number of allylic oxidation sites excluding steroid dienone is 4. The summed E-state index contributed by atoms with van der Waals surface area (Å²) in [5, 5.41) is 10.5. The van der Waals surface area contributed by atoms with Gasteiger partial charge in [-0.25, -0.2) is 9.13 Å². The molecule has 0 aliphatic heterocycles. The number of aliphatic hydroxyl groups excluding tert-OH is 1. The van der Waals surface area contributed by atoms with Crippen molar-refractivity contribution in [2.75, 3.05) is 39.6 Å². The number of carbonyl (C=O) groups excluding carboxylic acids is 4. The molecule has 2 unspecified atom stereocenters. The summed E-state index contributed by atoms with van der Waals surface area (Å²) in [6, 6.07) is 0. The van der Waals surface area contributed by atoms with Gasteiger partial charge in [0.2, 0.25) is 0 Å². The molecular formula is C61H114O17P2. The number of unbranched alkanes of at least 4 members (excludes halogenated alkanes) is 25. The molecule has 0 fully saturated rings. The quantitative estimate of drug-likeness (QED) is 0.0169. The number of phosphoric ester groups is 2. The van der Waals surface area contributed by atoms with E-state index in [0.717, 1.165) is 121 Å². The van der Waals surface area contributed by atoms with Crippen molar-refractivity contribution in [1.82, 2.24) is 0 Å². The van der Waals surface area contributed by atoms with Gasteiger partial charge in [-0.15, -0.1) is 0 Å². The first-order valence-electron chi connectivity index (χ1n) is 31.3. The Labute approximate surface area is 484 Å². The number of aliphatic hydroxyl groups is 1. The summed E-state index contributed by atoms with van der Waals surface area (Å²) in [4.78, 5) is 71.7. The highest BCUT2D eigenvalue weighted by Gasteiger charge is 2.30. The van der Waals surface area contributed by atoms with Crippen molar-refractivity contribution in [3.05, 3.63) is 24.3 Å². The minimum atomic E-state index is -4.95. The van der Waals surface area contributed by atoms with Crippen LogP contribution in [-0.4, -0.2) is 96.7 Å². The van der Waals surface area contributed by atoms with Gasteiger partial charge < -0.3 is 33.8 Å². The zero-order valence-electron chi connectivity index (χ0n) is 50.8. The summed E-state index contributed by atoms with van der Waals surface area (Å²) in [6.45, 7) is 9.18. The van der Waals surface area contributed by atoms with E-state index in [1.807, 2.05) is 0 Å². The van der Waals surface area contributed by atoms with E-state index in [0.29, 0.717) is 31.6 Å². The van der Waals surface area contributed by atoms with Gasteiger partial charge in [0.15, 0.2) is 12.2 Å². The summed E-state index contributed by atoms with van der Waals surface area (Å²) in [5.41, 5.74) is 0. The molecule has 0 spiro atoms. The molecule has 0 bridgehead atoms. The molecule has 0 aliphatic rings. The maximum Gasteiger partial charge on any atom is 0.472 e. The first kappa shape index (κ1) is 77.5. The summed E-state index contributed by atoms with van der Waals surface area (Å²) < 4.78 is 67.6. The van der Waals surface area contributed by atoms with Crippen LogP contribution in [-0.2, 0) is 65.4 Å². The highest BCUT2D eigenvalue weighted by molar-refractivity contribution is 7.47. The topological polar surface area (TPSA) is 237 Å². The van der Waals surface area contributed by atoms with Crippen LogP contribution in [0, 0.1) is 11.8 Å². The van der Waals surface area contributed by atoms with E-state index < -0.39 is 97.5 Å². The molecule has 0 saturated carbocycles.